The molecule has 1 saturated carbocycles. The van der Waals surface area contributed by atoms with Crippen molar-refractivity contribution in [2.24, 2.45) is 5.73 Å². The Bertz CT molecular complexity index is 1340. The van der Waals surface area contributed by atoms with Gasteiger partial charge in [0.25, 0.3) is 5.91 Å². The number of imidazole rings is 1. The lowest BCUT2D eigenvalue weighted by atomic mass is 10.1. The molecule has 1 aromatic carbocycles. The van der Waals surface area contributed by atoms with Crippen molar-refractivity contribution < 1.29 is 9.53 Å². The predicted octanol–water partition coefficient (Wildman–Crippen LogP) is 2.90. The number of nitrogens with two attached hydrogens (primary N) is 1. The van der Waals surface area contributed by atoms with E-state index in [-0.39, 0.29) is 12.1 Å². The maximum absolute atomic E-state index is 12.4. The summed E-state index contributed by atoms with van der Waals surface area (Å²) < 4.78 is 9.51. The summed E-state index contributed by atoms with van der Waals surface area (Å²) in [4.78, 5) is 19.2. The van der Waals surface area contributed by atoms with Gasteiger partial charge >= 0.3 is 0 Å². The van der Waals surface area contributed by atoms with E-state index in [1.165, 1.54) is 12.8 Å². The minimum Gasteiger partial charge on any atom is -0.383 e. The molecule has 3 aromatic rings. The molecule has 1 amide bonds. The SMILES string of the molecule is CC=CN1C[C@@H](n2nc(C#Cc3ccc4c(c3)ncn4C3CC3)c(C(N)=O)c2NC)C[C@@H]1COC. The van der Waals surface area contributed by atoms with Crippen molar-refractivity contribution in [3.05, 3.63) is 53.6 Å². The van der Waals surface area contributed by atoms with Gasteiger partial charge in [0.2, 0.25) is 0 Å². The first-order valence-electron chi connectivity index (χ1n) is 12.0. The first-order chi connectivity index (χ1) is 17.0. The second-order valence-corrected chi connectivity index (χ2v) is 9.15. The number of allylic oxidation sites excluding steroid dienone is 1. The summed E-state index contributed by atoms with van der Waals surface area (Å²) in [5.41, 5.74) is 9.32. The molecule has 1 aliphatic heterocycles. The Labute approximate surface area is 204 Å². The van der Waals surface area contributed by atoms with Crippen LogP contribution in [0.1, 0.15) is 59.9 Å². The van der Waals surface area contributed by atoms with Gasteiger partial charge in [-0.2, -0.15) is 5.10 Å². The number of methoxy groups -OCH3 is 1. The maximum atomic E-state index is 12.4. The number of amides is 1. The lowest BCUT2D eigenvalue weighted by Gasteiger charge is -2.21. The standard InChI is InChI=1S/C26H31N7O2/c1-4-11-31-14-19(13-20(31)15-35-3)33-26(28-2)24(25(27)34)21(30-33)9-5-17-6-10-23-22(12-17)29-16-32(23)18-7-8-18/h4,6,10-12,16,18-20,28H,7-8,13-15H2,1-3H3,(H2,27,34)/t19-,20+/m0/s1. The number of primary amides is 1. The largest absolute Gasteiger partial charge is 0.383 e. The molecule has 0 unspecified atom stereocenters. The van der Waals surface area contributed by atoms with Crippen LogP contribution >= 0.6 is 0 Å². The van der Waals surface area contributed by atoms with Crippen molar-refractivity contribution in [1.82, 2.24) is 24.2 Å². The number of rotatable bonds is 7. The summed E-state index contributed by atoms with van der Waals surface area (Å²) in [7, 11) is 3.48. The van der Waals surface area contributed by atoms with Gasteiger partial charge in [-0.1, -0.05) is 12.0 Å². The minimum absolute atomic E-state index is 0.0465. The highest BCUT2D eigenvalue weighted by molar-refractivity contribution is 6.00. The molecule has 3 heterocycles. The highest BCUT2D eigenvalue weighted by Gasteiger charge is 2.34. The molecule has 0 bridgehead atoms. The fourth-order valence-corrected chi connectivity index (χ4v) is 4.97. The molecular formula is C26H31N7O2. The number of hydrogen-bond acceptors (Lipinski definition) is 6. The third-order valence-corrected chi connectivity index (χ3v) is 6.71. The first-order valence-corrected chi connectivity index (χ1v) is 12.0. The Morgan fingerprint density at radius 2 is 2.14 bits per heavy atom. The number of nitrogens with zero attached hydrogens (tertiary/aromatic N) is 5. The molecule has 5 rings (SSSR count). The van der Waals surface area contributed by atoms with Crippen LogP contribution in [-0.4, -0.2) is 63.5 Å². The van der Waals surface area contributed by atoms with Crippen molar-refractivity contribution in [3.8, 4) is 11.8 Å². The van der Waals surface area contributed by atoms with E-state index >= 15 is 0 Å². The third-order valence-electron chi connectivity index (χ3n) is 6.71. The predicted molar refractivity (Wildman–Crippen MR) is 135 cm³/mol. The third kappa shape index (κ3) is 4.37. The molecule has 2 aliphatic rings. The number of benzene rings is 1. The van der Waals surface area contributed by atoms with Gasteiger partial charge in [-0.3, -0.25) is 4.79 Å². The summed E-state index contributed by atoms with van der Waals surface area (Å²) in [6, 6.07) is 6.86. The number of carbonyl (C=O) groups is 1. The van der Waals surface area contributed by atoms with E-state index in [1.807, 2.05) is 36.1 Å². The van der Waals surface area contributed by atoms with E-state index in [2.05, 4.69) is 43.9 Å². The summed E-state index contributed by atoms with van der Waals surface area (Å²) in [5.74, 6) is 6.29. The van der Waals surface area contributed by atoms with E-state index in [4.69, 9.17) is 15.6 Å². The topological polar surface area (TPSA) is 103 Å². The lowest BCUT2D eigenvalue weighted by molar-refractivity contribution is 0.100. The van der Waals surface area contributed by atoms with Crippen molar-refractivity contribution in [3.63, 3.8) is 0 Å². The average molecular weight is 474 g/mol. The zero-order valence-electron chi connectivity index (χ0n) is 20.4. The van der Waals surface area contributed by atoms with Gasteiger partial charge in [-0.15, -0.1) is 0 Å². The summed E-state index contributed by atoms with van der Waals surface area (Å²) in [6.07, 6.45) is 9.24. The number of likely N-dealkylation sites (tertiary alicyclic amines) is 1. The number of aromatic nitrogens is 4. The van der Waals surface area contributed by atoms with Crippen molar-refractivity contribution in [2.75, 3.05) is 32.6 Å². The van der Waals surface area contributed by atoms with Crippen LogP contribution in [0.3, 0.4) is 0 Å². The van der Waals surface area contributed by atoms with E-state index in [0.29, 0.717) is 29.7 Å². The molecule has 9 heteroatoms. The number of fused-ring (bicyclic) bond motifs is 1. The zero-order valence-corrected chi connectivity index (χ0v) is 20.4. The van der Waals surface area contributed by atoms with E-state index in [0.717, 1.165) is 29.6 Å². The van der Waals surface area contributed by atoms with E-state index < -0.39 is 5.91 Å². The van der Waals surface area contributed by atoms with Gasteiger partial charge in [-0.05, 0) is 56.5 Å². The second-order valence-electron chi connectivity index (χ2n) is 9.15. The van der Waals surface area contributed by atoms with E-state index in [9.17, 15) is 4.79 Å². The van der Waals surface area contributed by atoms with Gasteiger partial charge in [-0.25, -0.2) is 9.67 Å². The lowest BCUT2D eigenvalue weighted by Crippen LogP contribution is -2.28. The van der Waals surface area contributed by atoms with Crippen LogP contribution in [0.5, 0.6) is 0 Å². The number of ether oxygens (including phenoxy) is 1. The van der Waals surface area contributed by atoms with Gasteiger partial charge in [0.15, 0.2) is 5.69 Å². The Hall–Kier alpha value is -3.77. The molecule has 1 saturated heterocycles. The summed E-state index contributed by atoms with van der Waals surface area (Å²) in [5, 5.41) is 7.88. The Kier molecular flexibility index (Phi) is 6.22. The maximum Gasteiger partial charge on any atom is 0.255 e. The molecule has 1 aliphatic carbocycles. The van der Waals surface area contributed by atoms with Crippen molar-refractivity contribution in [2.45, 2.75) is 44.3 Å². The molecular weight excluding hydrogens is 442 g/mol. The second kappa shape index (κ2) is 9.47. The summed E-state index contributed by atoms with van der Waals surface area (Å²) >= 11 is 0. The van der Waals surface area contributed by atoms with Crippen LogP contribution in [0.2, 0.25) is 0 Å². The number of hydrogen-bond donors (Lipinski definition) is 2. The van der Waals surface area contributed by atoms with Crippen molar-refractivity contribution >= 4 is 22.8 Å². The zero-order chi connectivity index (χ0) is 24.5. The fraction of sp³-hybridized carbons (Fsp3) is 0.423. The molecule has 3 N–H and O–H groups in total. The van der Waals surface area contributed by atoms with Gasteiger partial charge < -0.3 is 25.3 Å². The minimum atomic E-state index is -0.555. The van der Waals surface area contributed by atoms with Gasteiger partial charge in [0, 0.05) is 32.3 Å². The molecule has 0 radical (unpaired) electrons. The fourth-order valence-electron chi connectivity index (χ4n) is 4.97. The Balaban J connectivity index is 1.48. The normalized spacial score (nSPS) is 19.9. The van der Waals surface area contributed by atoms with Crippen LogP contribution < -0.4 is 11.1 Å². The highest BCUT2D eigenvalue weighted by atomic mass is 16.5. The number of anilines is 1. The van der Waals surface area contributed by atoms with Crippen LogP contribution in [0, 0.1) is 11.8 Å². The van der Waals surface area contributed by atoms with Gasteiger partial charge in [0.05, 0.1) is 36.1 Å². The highest BCUT2D eigenvalue weighted by Crippen LogP contribution is 2.37. The van der Waals surface area contributed by atoms with Crippen LogP contribution in [0.25, 0.3) is 11.0 Å². The molecule has 2 fully saturated rings. The van der Waals surface area contributed by atoms with Crippen LogP contribution in [0.4, 0.5) is 5.82 Å². The molecule has 9 nitrogen and oxygen atoms in total. The van der Waals surface area contributed by atoms with Gasteiger partial charge in [0.1, 0.15) is 11.4 Å². The molecule has 2 aromatic heterocycles. The Morgan fingerprint density at radius 3 is 2.83 bits per heavy atom. The number of carbonyl (C=O) groups excluding carboxylic acids is 1. The molecule has 2 atom stereocenters. The Morgan fingerprint density at radius 1 is 1.31 bits per heavy atom. The molecule has 182 valence electrons. The monoisotopic (exact) mass is 473 g/mol. The first kappa shape index (κ1) is 23.0. The smallest absolute Gasteiger partial charge is 0.255 e. The van der Waals surface area contributed by atoms with Crippen LogP contribution in [0.15, 0.2) is 36.8 Å². The molecule has 0 spiro atoms. The average Bonchev–Trinajstić information content (AvgIpc) is 3.31. The van der Waals surface area contributed by atoms with Crippen molar-refractivity contribution in [1.29, 1.82) is 0 Å². The number of nitrogens with one attached hydrogen (secondary N) is 1. The summed E-state index contributed by atoms with van der Waals surface area (Å²) in [6.45, 7) is 3.36. The quantitative estimate of drug-likeness (QED) is 0.512. The van der Waals surface area contributed by atoms with E-state index in [1.54, 1.807) is 14.2 Å². The molecule has 35 heavy (non-hydrogen) atoms. The van der Waals surface area contributed by atoms with Crippen LogP contribution in [-0.2, 0) is 4.74 Å².